The Morgan fingerprint density at radius 1 is 1.50 bits per heavy atom. The molecule has 0 fully saturated rings. The monoisotopic (exact) mass is 321 g/mol. The van der Waals surface area contributed by atoms with E-state index in [0.717, 1.165) is 9.35 Å². The minimum atomic E-state index is -0.250. The van der Waals surface area contributed by atoms with Crippen molar-refractivity contribution in [3.63, 3.8) is 0 Å². The van der Waals surface area contributed by atoms with Crippen LogP contribution in [0.4, 0.5) is 0 Å². The molecular formula is C12H8BrN3OS. The van der Waals surface area contributed by atoms with E-state index in [9.17, 15) is 4.79 Å². The second-order valence-corrected chi connectivity index (χ2v) is 5.27. The van der Waals surface area contributed by atoms with Crippen molar-refractivity contribution in [2.45, 2.75) is 6.54 Å². The molecule has 0 saturated heterocycles. The lowest BCUT2D eigenvalue weighted by atomic mass is 10.2. The molecule has 1 N–H and O–H groups in total. The van der Waals surface area contributed by atoms with Gasteiger partial charge in [-0.25, -0.2) is 4.98 Å². The zero-order chi connectivity index (χ0) is 13.0. The number of hydrogen-bond acceptors (Lipinski definition) is 4. The molecule has 2 heterocycles. The van der Waals surface area contributed by atoms with Crippen LogP contribution in [0.25, 0.3) is 0 Å². The van der Waals surface area contributed by atoms with Crippen molar-refractivity contribution in [1.29, 1.82) is 5.26 Å². The predicted molar refractivity (Wildman–Crippen MR) is 72.1 cm³/mol. The molecule has 0 saturated carbocycles. The molecule has 2 aromatic heterocycles. The van der Waals surface area contributed by atoms with E-state index in [2.05, 4.69) is 26.2 Å². The Hall–Kier alpha value is -1.71. The molecule has 2 rings (SSSR count). The highest BCUT2D eigenvalue weighted by molar-refractivity contribution is 9.10. The number of thiophene rings is 1. The molecule has 0 radical (unpaired) electrons. The summed E-state index contributed by atoms with van der Waals surface area (Å²) < 4.78 is 0.987. The van der Waals surface area contributed by atoms with E-state index in [1.54, 1.807) is 17.4 Å². The van der Waals surface area contributed by atoms with E-state index in [0.29, 0.717) is 17.8 Å². The maximum atomic E-state index is 11.8. The minimum absolute atomic E-state index is 0.250. The molecule has 0 aliphatic heterocycles. The quantitative estimate of drug-likeness (QED) is 0.945. The number of carbonyl (C=O) groups excluding carboxylic acids is 1. The van der Waals surface area contributed by atoms with Crippen molar-refractivity contribution < 1.29 is 4.79 Å². The number of aromatic nitrogens is 1. The third-order valence-corrected chi connectivity index (χ3v) is 4.15. The largest absolute Gasteiger partial charge is 0.346 e. The predicted octanol–water partition coefficient (Wildman–Crippen LogP) is 2.71. The molecule has 0 aliphatic carbocycles. The summed E-state index contributed by atoms with van der Waals surface area (Å²) in [4.78, 5) is 16.8. The molecule has 0 unspecified atom stereocenters. The van der Waals surface area contributed by atoms with E-state index >= 15 is 0 Å². The number of carbonyl (C=O) groups is 1. The molecule has 18 heavy (non-hydrogen) atoms. The third-order valence-electron chi connectivity index (χ3n) is 2.23. The van der Waals surface area contributed by atoms with Crippen LogP contribution >= 0.6 is 27.3 Å². The third kappa shape index (κ3) is 2.94. The van der Waals surface area contributed by atoms with Gasteiger partial charge in [-0.3, -0.25) is 4.79 Å². The lowest BCUT2D eigenvalue weighted by Crippen LogP contribution is -2.23. The van der Waals surface area contributed by atoms with Crippen LogP contribution in [0.2, 0.25) is 0 Å². The molecule has 0 aliphatic rings. The van der Waals surface area contributed by atoms with Gasteiger partial charge in [0.1, 0.15) is 11.8 Å². The standard InChI is InChI=1S/C12H8BrN3OS/c13-9-3-4-18-11(9)7-16-12(17)10-2-1-8(5-14)6-15-10/h1-4,6H,7H2,(H,16,17). The molecule has 4 nitrogen and oxygen atoms in total. The number of nitriles is 1. The molecule has 0 spiro atoms. The summed E-state index contributed by atoms with van der Waals surface area (Å²) >= 11 is 4.97. The number of pyridine rings is 1. The average Bonchev–Trinajstić information content (AvgIpc) is 2.81. The molecule has 1 amide bonds. The fraction of sp³-hybridized carbons (Fsp3) is 0.0833. The minimum Gasteiger partial charge on any atom is -0.346 e. The Labute approximate surface area is 116 Å². The van der Waals surface area contributed by atoms with Gasteiger partial charge in [0, 0.05) is 15.5 Å². The summed E-state index contributed by atoms with van der Waals surface area (Å²) in [5.74, 6) is -0.250. The zero-order valence-corrected chi connectivity index (χ0v) is 11.6. The molecule has 0 atom stereocenters. The second-order valence-electron chi connectivity index (χ2n) is 3.42. The van der Waals surface area contributed by atoms with E-state index < -0.39 is 0 Å². The van der Waals surface area contributed by atoms with Gasteiger partial charge in [0.25, 0.3) is 5.91 Å². The van der Waals surface area contributed by atoms with Gasteiger partial charge in [0.2, 0.25) is 0 Å². The van der Waals surface area contributed by atoms with Crippen LogP contribution in [-0.2, 0) is 6.54 Å². The first-order chi connectivity index (χ1) is 8.70. The second kappa shape index (κ2) is 5.76. The van der Waals surface area contributed by atoms with Crippen LogP contribution < -0.4 is 5.32 Å². The first kappa shape index (κ1) is 12.7. The number of rotatable bonds is 3. The van der Waals surface area contributed by atoms with Gasteiger partial charge in [-0.15, -0.1) is 11.3 Å². The Bertz CT molecular complexity index is 601. The zero-order valence-electron chi connectivity index (χ0n) is 9.18. The molecule has 0 bridgehead atoms. The van der Waals surface area contributed by atoms with Crippen LogP contribution in [0.5, 0.6) is 0 Å². The van der Waals surface area contributed by atoms with Gasteiger partial charge in [-0.2, -0.15) is 5.26 Å². The highest BCUT2D eigenvalue weighted by Crippen LogP contribution is 2.22. The van der Waals surface area contributed by atoms with Crippen molar-refractivity contribution in [1.82, 2.24) is 10.3 Å². The lowest BCUT2D eigenvalue weighted by molar-refractivity contribution is 0.0946. The van der Waals surface area contributed by atoms with Crippen LogP contribution in [0, 0.1) is 11.3 Å². The Balaban J connectivity index is 2.00. The van der Waals surface area contributed by atoms with Crippen LogP contribution in [-0.4, -0.2) is 10.9 Å². The highest BCUT2D eigenvalue weighted by Gasteiger charge is 2.08. The maximum absolute atomic E-state index is 11.8. The first-order valence-electron chi connectivity index (χ1n) is 5.07. The first-order valence-corrected chi connectivity index (χ1v) is 6.74. The van der Waals surface area contributed by atoms with E-state index in [1.807, 2.05) is 17.5 Å². The normalized spacial score (nSPS) is 9.78. The van der Waals surface area contributed by atoms with Crippen molar-refractivity contribution in [2.75, 3.05) is 0 Å². The summed E-state index contributed by atoms with van der Waals surface area (Å²) in [6.07, 6.45) is 1.38. The van der Waals surface area contributed by atoms with Crippen LogP contribution in [0.3, 0.4) is 0 Å². The smallest absolute Gasteiger partial charge is 0.270 e. The Kier molecular flexibility index (Phi) is 4.07. The average molecular weight is 322 g/mol. The molecule has 2 aromatic rings. The van der Waals surface area contributed by atoms with Gasteiger partial charge >= 0.3 is 0 Å². The van der Waals surface area contributed by atoms with E-state index in [1.165, 1.54) is 12.3 Å². The lowest BCUT2D eigenvalue weighted by Gasteiger charge is -2.03. The molecule has 0 aromatic carbocycles. The van der Waals surface area contributed by atoms with Crippen LogP contribution in [0.1, 0.15) is 20.9 Å². The van der Waals surface area contributed by atoms with Gasteiger partial charge in [0.15, 0.2) is 0 Å². The van der Waals surface area contributed by atoms with Gasteiger partial charge in [-0.05, 0) is 39.5 Å². The van der Waals surface area contributed by atoms with Crippen molar-refractivity contribution in [3.05, 3.63) is 50.4 Å². The topological polar surface area (TPSA) is 65.8 Å². The van der Waals surface area contributed by atoms with Crippen molar-refractivity contribution in [2.24, 2.45) is 0 Å². The molecule has 90 valence electrons. The fourth-order valence-electron chi connectivity index (χ4n) is 1.30. The van der Waals surface area contributed by atoms with Gasteiger partial charge in [-0.1, -0.05) is 0 Å². The van der Waals surface area contributed by atoms with E-state index in [4.69, 9.17) is 5.26 Å². The molecular weight excluding hydrogens is 314 g/mol. The van der Waals surface area contributed by atoms with Crippen molar-refractivity contribution >= 4 is 33.2 Å². The van der Waals surface area contributed by atoms with Crippen LogP contribution in [0.15, 0.2) is 34.2 Å². The number of nitrogens with zero attached hydrogens (tertiary/aromatic N) is 2. The van der Waals surface area contributed by atoms with Crippen molar-refractivity contribution in [3.8, 4) is 6.07 Å². The Morgan fingerprint density at radius 2 is 2.33 bits per heavy atom. The highest BCUT2D eigenvalue weighted by atomic mass is 79.9. The number of hydrogen-bond donors (Lipinski definition) is 1. The number of halogens is 1. The number of amides is 1. The summed E-state index contributed by atoms with van der Waals surface area (Å²) in [5, 5.41) is 13.4. The summed E-state index contributed by atoms with van der Waals surface area (Å²) in [6.45, 7) is 0.457. The SMILES string of the molecule is N#Cc1ccc(C(=O)NCc2sccc2Br)nc1. The van der Waals surface area contributed by atoms with Gasteiger partial charge in [0.05, 0.1) is 12.1 Å². The maximum Gasteiger partial charge on any atom is 0.270 e. The fourth-order valence-corrected chi connectivity index (χ4v) is 2.73. The van der Waals surface area contributed by atoms with Gasteiger partial charge < -0.3 is 5.32 Å². The summed E-state index contributed by atoms with van der Waals surface area (Å²) in [5.41, 5.74) is 0.745. The molecule has 6 heteroatoms. The summed E-state index contributed by atoms with van der Waals surface area (Å²) in [7, 11) is 0. The Morgan fingerprint density at radius 3 is 2.89 bits per heavy atom. The summed E-state index contributed by atoms with van der Waals surface area (Å²) in [6, 6.07) is 7.00. The van der Waals surface area contributed by atoms with E-state index in [-0.39, 0.29) is 5.91 Å². The number of nitrogens with one attached hydrogen (secondary N) is 1.